The van der Waals surface area contributed by atoms with Gasteiger partial charge in [-0.3, -0.25) is 14.4 Å². The molecule has 3 amide bonds. The summed E-state index contributed by atoms with van der Waals surface area (Å²) in [4.78, 5) is 45.0. The number of hydrogen-bond donors (Lipinski definition) is 5. The number of carbonyl (C=O) groups excluding carboxylic acids is 3. The highest BCUT2D eigenvalue weighted by atomic mass is 16.3. The SMILES string of the molecule is CCN(CC)CCNC(=O)c1c(C)[nH]c(/C=C2\C(=O)Nc3ccc(NC(=O)c4ccccc4)cc32)c1-c1ccccc1O. The van der Waals surface area contributed by atoms with E-state index in [2.05, 4.69) is 39.7 Å². The van der Waals surface area contributed by atoms with Gasteiger partial charge in [-0.05, 0) is 62.5 Å². The predicted molar refractivity (Wildman–Crippen MR) is 170 cm³/mol. The minimum Gasteiger partial charge on any atom is -0.507 e. The number of fused-ring (bicyclic) bond motifs is 1. The monoisotopic (exact) mass is 577 g/mol. The summed E-state index contributed by atoms with van der Waals surface area (Å²) in [7, 11) is 0. The van der Waals surface area contributed by atoms with Gasteiger partial charge in [-0.1, -0.05) is 50.2 Å². The van der Waals surface area contributed by atoms with E-state index in [4.69, 9.17) is 0 Å². The van der Waals surface area contributed by atoms with Crippen molar-refractivity contribution in [3.05, 3.63) is 101 Å². The van der Waals surface area contributed by atoms with Crippen LogP contribution in [0.4, 0.5) is 11.4 Å². The second-order valence-corrected chi connectivity index (χ2v) is 10.3. The molecule has 9 nitrogen and oxygen atoms in total. The lowest BCUT2D eigenvalue weighted by atomic mass is 9.96. The van der Waals surface area contributed by atoms with Gasteiger partial charge < -0.3 is 30.9 Å². The van der Waals surface area contributed by atoms with E-state index >= 15 is 0 Å². The Morgan fingerprint density at radius 2 is 1.65 bits per heavy atom. The number of H-pyrrole nitrogens is 1. The van der Waals surface area contributed by atoms with E-state index in [1.165, 1.54) is 0 Å². The molecule has 0 atom stereocenters. The molecule has 0 aliphatic carbocycles. The number of likely N-dealkylation sites (N-methyl/N-ethyl adjacent to an activating group) is 1. The predicted octanol–water partition coefficient (Wildman–Crippen LogP) is 5.51. The highest BCUT2D eigenvalue weighted by Gasteiger charge is 2.28. The largest absolute Gasteiger partial charge is 0.507 e. The first-order valence-electron chi connectivity index (χ1n) is 14.4. The number of nitrogens with one attached hydrogen (secondary N) is 4. The minimum absolute atomic E-state index is 0.0144. The standard InChI is InChI=1S/C34H35N5O4/c1-4-39(5-2)18-17-35-34(43)30-21(3)36-28(31(30)24-13-9-10-14-29(24)40)20-26-25-19-23(15-16-27(25)38-33(26)42)37-32(41)22-11-7-6-8-12-22/h6-16,19-20,36,40H,4-5,17-18H2,1-3H3,(H,35,43)(H,37,41)(H,38,42)/b26-20-. The maximum atomic E-state index is 13.5. The molecule has 0 radical (unpaired) electrons. The van der Waals surface area contributed by atoms with Crippen molar-refractivity contribution in [2.24, 2.45) is 0 Å². The molecule has 1 aliphatic heterocycles. The van der Waals surface area contributed by atoms with Crippen LogP contribution in [0.2, 0.25) is 0 Å². The molecule has 4 aromatic rings. The minimum atomic E-state index is -0.317. The summed E-state index contributed by atoms with van der Waals surface area (Å²) in [5.74, 6) is -0.837. The molecule has 0 spiro atoms. The Morgan fingerprint density at radius 3 is 2.37 bits per heavy atom. The molecule has 0 bridgehead atoms. The van der Waals surface area contributed by atoms with Gasteiger partial charge in [-0.25, -0.2) is 0 Å². The molecule has 5 rings (SSSR count). The van der Waals surface area contributed by atoms with Crippen LogP contribution in [0, 0.1) is 6.92 Å². The Morgan fingerprint density at radius 1 is 0.930 bits per heavy atom. The van der Waals surface area contributed by atoms with Crippen LogP contribution >= 0.6 is 0 Å². The smallest absolute Gasteiger partial charge is 0.256 e. The highest BCUT2D eigenvalue weighted by molar-refractivity contribution is 6.35. The Kier molecular flexibility index (Phi) is 8.73. The lowest BCUT2D eigenvalue weighted by Crippen LogP contribution is -2.35. The number of aromatic hydroxyl groups is 1. The van der Waals surface area contributed by atoms with Crippen LogP contribution in [0.25, 0.3) is 22.8 Å². The molecule has 2 heterocycles. The summed E-state index contributed by atoms with van der Waals surface area (Å²) in [6.07, 6.45) is 1.69. The zero-order valence-electron chi connectivity index (χ0n) is 24.5. The van der Waals surface area contributed by atoms with E-state index in [0.29, 0.717) is 69.2 Å². The summed E-state index contributed by atoms with van der Waals surface area (Å²) in [5, 5.41) is 19.6. The number of nitrogens with zero attached hydrogens (tertiary/aromatic N) is 1. The molecular formula is C34H35N5O4. The molecule has 5 N–H and O–H groups in total. The zero-order chi connectivity index (χ0) is 30.5. The Hall–Kier alpha value is -5.15. The third kappa shape index (κ3) is 6.22. The van der Waals surface area contributed by atoms with Gasteiger partial charge in [0.05, 0.1) is 11.1 Å². The van der Waals surface area contributed by atoms with Gasteiger partial charge in [-0.2, -0.15) is 0 Å². The zero-order valence-corrected chi connectivity index (χ0v) is 24.5. The van der Waals surface area contributed by atoms with Crippen molar-refractivity contribution < 1.29 is 19.5 Å². The molecule has 0 saturated heterocycles. The van der Waals surface area contributed by atoms with E-state index in [9.17, 15) is 19.5 Å². The maximum absolute atomic E-state index is 13.5. The van der Waals surface area contributed by atoms with Crippen LogP contribution < -0.4 is 16.0 Å². The number of hydrogen-bond acceptors (Lipinski definition) is 5. The number of phenols is 1. The number of carbonyl (C=O) groups is 3. The summed E-state index contributed by atoms with van der Waals surface area (Å²) < 4.78 is 0. The molecule has 1 aliphatic rings. The van der Waals surface area contributed by atoms with Crippen molar-refractivity contribution in [2.75, 3.05) is 36.8 Å². The number of amides is 3. The molecular weight excluding hydrogens is 542 g/mol. The summed E-state index contributed by atoms with van der Waals surface area (Å²) in [6.45, 7) is 8.91. The Balaban J connectivity index is 1.53. The molecule has 0 fully saturated rings. The lowest BCUT2D eigenvalue weighted by Gasteiger charge is -2.18. The first-order chi connectivity index (χ1) is 20.8. The number of phenolic OH excluding ortho intramolecular Hbond substituents is 1. The quantitative estimate of drug-likeness (QED) is 0.159. The second kappa shape index (κ2) is 12.8. The average Bonchev–Trinajstić information content (AvgIpc) is 3.50. The third-order valence-electron chi connectivity index (χ3n) is 7.61. The van der Waals surface area contributed by atoms with Crippen molar-refractivity contribution in [1.29, 1.82) is 0 Å². The average molecular weight is 578 g/mol. The number of rotatable bonds is 10. The van der Waals surface area contributed by atoms with Crippen molar-refractivity contribution in [3.63, 3.8) is 0 Å². The van der Waals surface area contributed by atoms with Gasteiger partial charge in [-0.15, -0.1) is 0 Å². The van der Waals surface area contributed by atoms with Crippen LogP contribution in [0.1, 0.15) is 51.5 Å². The summed E-state index contributed by atoms with van der Waals surface area (Å²) >= 11 is 0. The summed E-state index contributed by atoms with van der Waals surface area (Å²) in [6, 6.07) is 20.9. The molecule has 43 heavy (non-hydrogen) atoms. The third-order valence-corrected chi connectivity index (χ3v) is 7.61. The van der Waals surface area contributed by atoms with Crippen molar-refractivity contribution in [3.8, 4) is 16.9 Å². The van der Waals surface area contributed by atoms with Crippen LogP contribution in [-0.4, -0.2) is 58.9 Å². The molecule has 1 aromatic heterocycles. The van der Waals surface area contributed by atoms with Crippen LogP contribution in [0.5, 0.6) is 5.75 Å². The normalized spacial score (nSPS) is 13.2. The fraction of sp³-hybridized carbons (Fsp3) is 0.206. The van der Waals surface area contributed by atoms with Crippen LogP contribution in [0.3, 0.4) is 0 Å². The van der Waals surface area contributed by atoms with Gasteiger partial charge in [0.2, 0.25) is 0 Å². The first-order valence-corrected chi connectivity index (χ1v) is 14.4. The van der Waals surface area contributed by atoms with E-state index in [1.807, 2.05) is 6.07 Å². The second-order valence-electron chi connectivity index (χ2n) is 10.3. The molecule has 0 unspecified atom stereocenters. The highest BCUT2D eigenvalue weighted by Crippen LogP contribution is 2.40. The van der Waals surface area contributed by atoms with Crippen LogP contribution in [-0.2, 0) is 4.79 Å². The van der Waals surface area contributed by atoms with E-state index < -0.39 is 0 Å². The van der Waals surface area contributed by atoms with Crippen molar-refractivity contribution in [2.45, 2.75) is 20.8 Å². The molecule has 3 aromatic carbocycles. The maximum Gasteiger partial charge on any atom is 0.256 e. The van der Waals surface area contributed by atoms with Gasteiger partial charge in [0.25, 0.3) is 17.7 Å². The Labute approximate surface area is 250 Å². The Bertz CT molecular complexity index is 1700. The van der Waals surface area contributed by atoms with Gasteiger partial charge in [0, 0.05) is 58.1 Å². The summed E-state index contributed by atoms with van der Waals surface area (Å²) in [5.41, 5.74) is 5.10. The number of para-hydroxylation sites is 1. The fourth-order valence-corrected chi connectivity index (χ4v) is 5.31. The number of aryl methyl sites for hydroxylation is 1. The first kappa shape index (κ1) is 29.3. The topological polar surface area (TPSA) is 127 Å². The van der Waals surface area contributed by atoms with E-state index in [-0.39, 0.29) is 23.5 Å². The van der Waals surface area contributed by atoms with Crippen LogP contribution in [0.15, 0.2) is 72.8 Å². The van der Waals surface area contributed by atoms with E-state index in [1.54, 1.807) is 79.7 Å². The molecule has 9 heteroatoms. The molecule has 0 saturated carbocycles. The number of aromatic nitrogens is 1. The molecule has 220 valence electrons. The number of anilines is 2. The van der Waals surface area contributed by atoms with Gasteiger partial charge >= 0.3 is 0 Å². The lowest BCUT2D eigenvalue weighted by molar-refractivity contribution is -0.110. The van der Waals surface area contributed by atoms with Crippen molar-refractivity contribution in [1.82, 2.24) is 15.2 Å². The number of benzene rings is 3. The number of aromatic amines is 1. The van der Waals surface area contributed by atoms with Crippen molar-refractivity contribution >= 4 is 40.7 Å². The van der Waals surface area contributed by atoms with E-state index in [0.717, 1.165) is 13.1 Å². The fourth-order valence-electron chi connectivity index (χ4n) is 5.31. The van der Waals surface area contributed by atoms with Gasteiger partial charge in [0.1, 0.15) is 5.75 Å². The van der Waals surface area contributed by atoms with Gasteiger partial charge in [0.15, 0.2) is 0 Å².